The van der Waals surface area contributed by atoms with E-state index in [0.29, 0.717) is 5.04 Å². The minimum Gasteiger partial charge on any atom is -0.544 e. The fourth-order valence-electron chi connectivity index (χ4n) is 3.71. The van der Waals surface area contributed by atoms with E-state index in [1.807, 2.05) is 12.3 Å². The molecule has 2 rings (SSSR count). The number of hydrogen-bond acceptors (Lipinski definition) is 2. The summed E-state index contributed by atoms with van der Waals surface area (Å²) in [4.78, 5) is 4.62. The van der Waals surface area contributed by atoms with Gasteiger partial charge < -0.3 is 4.43 Å². The van der Waals surface area contributed by atoms with E-state index in [-0.39, 0.29) is 5.04 Å². The van der Waals surface area contributed by atoms with Gasteiger partial charge in [0.25, 0.3) is 0 Å². The zero-order valence-electron chi connectivity index (χ0n) is 22.1. The average Bonchev–Trinajstić information content (AvgIpc) is 2.70. The van der Waals surface area contributed by atoms with Crippen molar-refractivity contribution >= 4 is 17.1 Å². The third-order valence-corrected chi connectivity index (χ3v) is 15.6. The van der Waals surface area contributed by atoms with Crippen molar-refractivity contribution in [3.05, 3.63) is 59.9 Å². The number of aromatic nitrogens is 1. The van der Waals surface area contributed by atoms with Crippen LogP contribution in [0, 0.1) is 5.92 Å². The molecule has 4 heteroatoms. The van der Waals surface area contributed by atoms with Crippen LogP contribution in [0.25, 0.3) is 0 Å². The third kappa shape index (κ3) is 8.18. The smallest absolute Gasteiger partial charge is 0.250 e. The molecule has 1 heterocycles. The van der Waals surface area contributed by atoms with Crippen LogP contribution in [-0.4, -0.2) is 22.1 Å². The SMILES string of the molecule is CCC(CCc1ccc(O[Si](C)(C)C(C)(C)C)cc1)C[Si](Cc1ccccn1)C(C)(C)C. The molecule has 0 aliphatic carbocycles. The van der Waals surface area contributed by atoms with Crippen molar-refractivity contribution < 1.29 is 4.43 Å². The van der Waals surface area contributed by atoms with Crippen molar-refractivity contribution in [1.82, 2.24) is 4.98 Å². The number of rotatable bonds is 10. The lowest BCUT2D eigenvalue weighted by atomic mass is 9.99. The molecule has 2 aromatic rings. The highest BCUT2D eigenvalue weighted by molar-refractivity contribution is 6.74. The van der Waals surface area contributed by atoms with Crippen LogP contribution in [-0.2, 0) is 12.5 Å². The van der Waals surface area contributed by atoms with Crippen molar-refractivity contribution in [2.24, 2.45) is 5.92 Å². The maximum Gasteiger partial charge on any atom is 0.250 e. The van der Waals surface area contributed by atoms with Crippen LogP contribution in [0.3, 0.4) is 0 Å². The molecular formula is C28H46NOSi2. The van der Waals surface area contributed by atoms with Gasteiger partial charge in [-0.15, -0.1) is 0 Å². The van der Waals surface area contributed by atoms with Crippen molar-refractivity contribution in [3.63, 3.8) is 0 Å². The van der Waals surface area contributed by atoms with Crippen molar-refractivity contribution in [2.75, 3.05) is 0 Å². The predicted octanol–water partition coefficient (Wildman–Crippen LogP) is 8.50. The molecule has 1 atom stereocenters. The minimum atomic E-state index is -1.78. The van der Waals surface area contributed by atoms with Gasteiger partial charge in [0.15, 0.2) is 0 Å². The largest absolute Gasteiger partial charge is 0.544 e. The van der Waals surface area contributed by atoms with E-state index in [9.17, 15) is 0 Å². The van der Waals surface area contributed by atoms with Gasteiger partial charge in [-0.05, 0) is 77.8 Å². The molecule has 2 nitrogen and oxygen atoms in total. The standard InChI is InChI=1S/C28H46NOSi2/c1-10-23(21-31(27(2,3)4)22-25-13-11-12-20-29-25)14-15-24-16-18-26(19-17-24)30-32(8,9)28(5,6)7/h11-13,16-20,23H,10,14-15,21-22H2,1-9H3. The molecule has 1 unspecified atom stereocenters. The Balaban J connectivity index is 1.97. The molecule has 32 heavy (non-hydrogen) atoms. The van der Waals surface area contributed by atoms with Gasteiger partial charge >= 0.3 is 0 Å². The summed E-state index contributed by atoms with van der Waals surface area (Å²) in [6.45, 7) is 21.1. The number of hydrogen-bond donors (Lipinski definition) is 0. The first kappa shape index (κ1) is 26.9. The molecule has 0 fully saturated rings. The lowest BCUT2D eigenvalue weighted by molar-refractivity contribution is 0.490. The van der Waals surface area contributed by atoms with Gasteiger partial charge in [-0.1, -0.05) is 79.1 Å². The Bertz CT molecular complexity index is 804. The number of aryl methyl sites for hydroxylation is 1. The molecule has 1 radical (unpaired) electrons. The van der Waals surface area contributed by atoms with E-state index >= 15 is 0 Å². The fourth-order valence-corrected chi connectivity index (χ4v) is 7.86. The van der Waals surface area contributed by atoms with Crippen LogP contribution < -0.4 is 4.43 Å². The molecule has 177 valence electrons. The van der Waals surface area contributed by atoms with E-state index in [2.05, 4.69) is 103 Å². The maximum absolute atomic E-state index is 6.45. The van der Waals surface area contributed by atoms with Gasteiger partial charge in [0.05, 0.1) is 8.80 Å². The first-order valence-corrected chi connectivity index (χ1v) is 17.2. The van der Waals surface area contributed by atoms with E-state index in [0.717, 1.165) is 18.1 Å². The van der Waals surface area contributed by atoms with Gasteiger partial charge in [0.1, 0.15) is 5.75 Å². The van der Waals surface area contributed by atoms with Crippen LogP contribution >= 0.6 is 0 Å². The summed E-state index contributed by atoms with van der Waals surface area (Å²) in [6, 6.07) is 17.8. The summed E-state index contributed by atoms with van der Waals surface area (Å²) in [5.41, 5.74) is 2.70. The summed E-state index contributed by atoms with van der Waals surface area (Å²) >= 11 is 0. The monoisotopic (exact) mass is 468 g/mol. The number of pyridine rings is 1. The van der Waals surface area contributed by atoms with Gasteiger partial charge in [-0.2, -0.15) is 0 Å². The average molecular weight is 469 g/mol. The molecule has 0 aliphatic heterocycles. The number of nitrogens with zero attached hydrogens (tertiary/aromatic N) is 1. The Kier molecular flexibility index (Phi) is 9.36. The lowest BCUT2D eigenvalue weighted by Crippen LogP contribution is -2.43. The van der Waals surface area contributed by atoms with E-state index in [1.54, 1.807) is 0 Å². The second kappa shape index (κ2) is 11.2. The van der Waals surface area contributed by atoms with Crippen molar-refractivity contribution in [1.29, 1.82) is 0 Å². The highest BCUT2D eigenvalue weighted by atomic mass is 28.4. The lowest BCUT2D eigenvalue weighted by Gasteiger charge is -2.36. The number of benzene rings is 1. The molecular weight excluding hydrogens is 422 g/mol. The third-order valence-electron chi connectivity index (χ3n) is 7.24. The second-order valence-corrected chi connectivity index (χ2v) is 20.1. The molecule has 1 aromatic carbocycles. The summed E-state index contributed by atoms with van der Waals surface area (Å²) in [7, 11) is -2.32. The second-order valence-electron chi connectivity index (χ2n) is 11.9. The van der Waals surface area contributed by atoms with Gasteiger partial charge in [0, 0.05) is 11.9 Å². The Morgan fingerprint density at radius 3 is 2.12 bits per heavy atom. The van der Waals surface area contributed by atoms with E-state index in [1.165, 1.54) is 36.2 Å². The first-order valence-electron chi connectivity index (χ1n) is 12.3. The summed E-state index contributed by atoms with van der Waals surface area (Å²) in [6.07, 6.45) is 5.62. The quantitative estimate of drug-likeness (QED) is 0.326. The van der Waals surface area contributed by atoms with Crippen molar-refractivity contribution in [2.45, 2.75) is 103 Å². The van der Waals surface area contributed by atoms with E-state index in [4.69, 9.17) is 4.43 Å². The molecule has 0 saturated carbocycles. The minimum absolute atomic E-state index is 0.224. The zero-order valence-corrected chi connectivity index (χ0v) is 24.1. The topological polar surface area (TPSA) is 22.1 Å². The molecule has 0 spiro atoms. The van der Waals surface area contributed by atoms with Crippen LogP contribution in [0.15, 0.2) is 48.7 Å². The van der Waals surface area contributed by atoms with Gasteiger partial charge in [0.2, 0.25) is 8.32 Å². The molecule has 0 saturated heterocycles. The van der Waals surface area contributed by atoms with E-state index < -0.39 is 17.1 Å². The Morgan fingerprint density at radius 2 is 1.62 bits per heavy atom. The summed E-state index contributed by atoms with van der Waals surface area (Å²) in [5.74, 6) is 1.82. The zero-order chi connectivity index (χ0) is 24.0. The highest BCUT2D eigenvalue weighted by Gasteiger charge is 2.39. The molecule has 0 bridgehead atoms. The van der Waals surface area contributed by atoms with Gasteiger partial charge in [-0.25, -0.2) is 0 Å². The predicted molar refractivity (Wildman–Crippen MR) is 145 cm³/mol. The fraction of sp³-hybridized carbons (Fsp3) is 0.607. The molecule has 1 aromatic heterocycles. The molecule has 0 aliphatic rings. The highest BCUT2D eigenvalue weighted by Crippen LogP contribution is 2.38. The van der Waals surface area contributed by atoms with Crippen molar-refractivity contribution in [3.8, 4) is 5.75 Å². The van der Waals surface area contributed by atoms with Crippen LogP contribution in [0.5, 0.6) is 5.75 Å². The normalized spacial score (nSPS) is 13.9. The van der Waals surface area contributed by atoms with Crippen LogP contribution in [0.4, 0.5) is 0 Å². The Labute approximate surface area is 201 Å². The Morgan fingerprint density at radius 1 is 0.969 bits per heavy atom. The summed E-state index contributed by atoms with van der Waals surface area (Å²) in [5, 5.41) is 0.611. The van der Waals surface area contributed by atoms with Gasteiger partial charge in [-0.3, -0.25) is 4.98 Å². The van der Waals surface area contributed by atoms with Crippen LogP contribution in [0.2, 0.25) is 29.2 Å². The Hall–Kier alpha value is -1.40. The molecule has 0 N–H and O–H groups in total. The van der Waals surface area contributed by atoms with Crippen LogP contribution in [0.1, 0.15) is 72.6 Å². The molecule has 0 amide bonds. The maximum atomic E-state index is 6.45. The summed E-state index contributed by atoms with van der Waals surface area (Å²) < 4.78 is 6.45. The first-order chi connectivity index (χ1) is 14.8.